The second-order valence-corrected chi connectivity index (χ2v) is 3.49. The standard InChI is InChI=1S/C10H16N2/c1-8(2)6-7-9-4-3-5-10(11)12-9/h3-5,8H,6-7H2,1-2H3,(H2,11,12). The quantitative estimate of drug-likeness (QED) is 0.744. The molecule has 0 bridgehead atoms. The average Bonchev–Trinajstić information content (AvgIpc) is 2.01. The van der Waals surface area contributed by atoms with E-state index in [0.29, 0.717) is 5.82 Å². The predicted molar refractivity (Wildman–Crippen MR) is 51.8 cm³/mol. The Balaban J connectivity index is 2.52. The maximum Gasteiger partial charge on any atom is 0.123 e. The van der Waals surface area contributed by atoms with Crippen LogP contribution in [0.2, 0.25) is 0 Å². The molecule has 0 spiro atoms. The number of rotatable bonds is 3. The Morgan fingerprint density at radius 2 is 2.17 bits per heavy atom. The zero-order valence-corrected chi connectivity index (χ0v) is 7.75. The molecule has 0 aliphatic heterocycles. The van der Waals surface area contributed by atoms with E-state index in [9.17, 15) is 0 Å². The van der Waals surface area contributed by atoms with Crippen molar-refractivity contribution in [3.05, 3.63) is 23.9 Å². The minimum absolute atomic E-state index is 0.622. The Morgan fingerprint density at radius 3 is 2.75 bits per heavy atom. The highest BCUT2D eigenvalue weighted by atomic mass is 14.8. The van der Waals surface area contributed by atoms with E-state index in [1.807, 2.05) is 18.2 Å². The maximum atomic E-state index is 5.55. The highest BCUT2D eigenvalue weighted by Gasteiger charge is 1.97. The fourth-order valence-corrected chi connectivity index (χ4v) is 1.07. The maximum absolute atomic E-state index is 5.55. The molecule has 0 atom stereocenters. The predicted octanol–water partition coefficient (Wildman–Crippen LogP) is 2.25. The summed E-state index contributed by atoms with van der Waals surface area (Å²) in [4.78, 5) is 4.22. The number of hydrogen-bond acceptors (Lipinski definition) is 2. The molecule has 2 nitrogen and oxygen atoms in total. The number of aryl methyl sites for hydroxylation is 1. The summed E-state index contributed by atoms with van der Waals surface area (Å²) in [7, 11) is 0. The van der Waals surface area contributed by atoms with Crippen molar-refractivity contribution < 1.29 is 0 Å². The summed E-state index contributed by atoms with van der Waals surface area (Å²) >= 11 is 0. The molecule has 0 aromatic carbocycles. The third-order valence-corrected chi connectivity index (χ3v) is 1.81. The van der Waals surface area contributed by atoms with Gasteiger partial charge in [0.25, 0.3) is 0 Å². The Kier molecular flexibility index (Phi) is 3.09. The molecule has 2 N–H and O–H groups in total. The number of nitrogens with two attached hydrogens (primary N) is 1. The minimum Gasteiger partial charge on any atom is -0.384 e. The van der Waals surface area contributed by atoms with Gasteiger partial charge < -0.3 is 5.73 Å². The van der Waals surface area contributed by atoms with E-state index < -0.39 is 0 Å². The molecule has 1 rings (SSSR count). The van der Waals surface area contributed by atoms with Crippen LogP contribution < -0.4 is 5.73 Å². The molecule has 0 aliphatic rings. The summed E-state index contributed by atoms with van der Waals surface area (Å²) < 4.78 is 0. The lowest BCUT2D eigenvalue weighted by atomic mass is 10.1. The lowest BCUT2D eigenvalue weighted by Gasteiger charge is -2.03. The van der Waals surface area contributed by atoms with Crippen LogP contribution in [-0.2, 0) is 6.42 Å². The normalized spacial score (nSPS) is 10.6. The SMILES string of the molecule is CC(C)CCc1cccc(N)n1. The van der Waals surface area contributed by atoms with Crippen LogP contribution in [0.3, 0.4) is 0 Å². The smallest absolute Gasteiger partial charge is 0.123 e. The van der Waals surface area contributed by atoms with Gasteiger partial charge in [0.05, 0.1) is 0 Å². The van der Waals surface area contributed by atoms with Crippen LogP contribution in [0.1, 0.15) is 26.0 Å². The number of nitrogens with zero attached hydrogens (tertiary/aromatic N) is 1. The van der Waals surface area contributed by atoms with E-state index in [-0.39, 0.29) is 0 Å². The summed E-state index contributed by atoms with van der Waals surface area (Å²) in [6.07, 6.45) is 2.21. The van der Waals surface area contributed by atoms with Crippen molar-refractivity contribution in [2.45, 2.75) is 26.7 Å². The highest BCUT2D eigenvalue weighted by Crippen LogP contribution is 2.07. The highest BCUT2D eigenvalue weighted by molar-refractivity contribution is 5.28. The van der Waals surface area contributed by atoms with Crippen molar-refractivity contribution in [3.63, 3.8) is 0 Å². The molecule has 0 unspecified atom stereocenters. The Bertz CT molecular complexity index is 243. The summed E-state index contributed by atoms with van der Waals surface area (Å²) in [6, 6.07) is 5.80. The van der Waals surface area contributed by atoms with E-state index in [1.54, 1.807) is 0 Å². The molecule has 0 saturated heterocycles. The van der Waals surface area contributed by atoms with Crippen molar-refractivity contribution in [1.29, 1.82) is 0 Å². The van der Waals surface area contributed by atoms with Crippen molar-refractivity contribution in [2.24, 2.45) is 5.92 Å². The first kappa shape index (κ1) is 9.04. The fourth-order valence-electron chi connectivity index (χ4n) is 1.07. The van der Waals surface area contributed by atoms with Gasteiger partial charge in [-0.25, -0.2) is 4.98 Å². The summed E-state index contributed by atoms with van der Waals surface area (Å²) in [5.41, 5.74) is 6.65. The molecule has 0 aliphatic carbocycles. The van der Waals surface area contributed by atoms with Gasteiger partial charge in [0, 0.05) is 5.69 Å². The molecule has 1 aromatic heterocycles. The van der Waals surface area contributed by atoms with E-state index >= 15 is 0 Å². The van der Waals surface area contributed by atoms with Crippen LogP contribution in [0.4, 0.5) is 5.82 Å². The van der Waals surface area contributed by atoms with Gasteiger partial charge in [-0.1, -0.05) is 19.9 Å². The molecule has 0 fully saturated rings. The van der Waals surface area contributed by atoms with E-state index in [2.05, 4.69) is 18.8 Å². The van der Waals surface area contributed by atoms with Gasteiger partial charge in [-0.2, -0.15) is 0 Å². The molecule has 0 radical (unpaired) electrons. The molecular formula is C10H16N2. The van der Waals surface area contributed by atoms with Crippen LogP contribution in [0.15, 0.2) is 18.2 Å². The van der Waals surface area contributed by atoms with Crippen LogP contribution in [0.5, 0.6) is 0 Å². The molecular weight excluding hydrogens is 148 g/mol. The second-order valence-electron chi connectivity index (χ2n) is 3.49. The summed E-state index contributed by atoms with van der Waals surface area (Å²) in [6.45, 7) is 4.43. The Labute approximate surface area is 73.8 Å². The van der Waals surface area contributed by atoms with Crippen molar-refractivity contribution in [3.8, 4) is 0 Å². The zero-order chi connectivity index (χ0) is 8.97. The summed E-state index contributed by atoms with van der Waals surface area (Å²) in [5, 5.41) is 0. The Morgan fingerprint density at radius 1 is 1.42 bits per heavy atom. The molecule has 66 valence electrons. The number of pyridine rings is 1. The van der Waals surface area contributed by atoms with E-state index in [4.69, 9.17) is 5.73 Å². The van der Waals surface area contributed by atoms with Gasteiger partial charge in [0.15, 0.2) is 0 Å². The zero-order valence-electron chi connectivity index (χ0n) is 7.75. The molecule has 2 heteroatoms. The first-order valence-electron chi connectivity index (χ1n) is 4.40. The number of hydrogen-bond donors (Lipinski definition) is 1. The summed E-state index contributed by atoms with van der Waals surface area (Å²) in [5.74, 6) is 1.35. The van der Waals surface area contributed by atoms with E-state index in [0.717, 1.165) is 18.0 Å². The van der Waals surface area contributed by atoms with Crippen molar-refractivity contribution >= 4 is 5.82 Å². The van der Waals surface area contributed by atoms with Crippen molar-refractivity contribution in [1.82, 2.24) is 4.98 Å². The monoisotopic (exact) mass is 164 g/mol. The average molecular weight is 164 g/mol. The van der Waals surface area contributed by atoms with Crippen molar-refractivity contribution in [2.75, 3.05) is 5.73 Å². The van der Waals surface area contributed by atoms with Gasteiger partial charge in [0.2, 0.25) is 0 Å². The third-order valence-electron chi connectivity index (χ3n) is 1.81. The first-order valence-corrected chi connectivity index (χ1v) is 4.40. The minimum atomic E-state index is 0.622. The first-order chi connectivity index (χ1) is 5.68. The van der Waals surface area contributed by atoms with Crippen LogP contribution in [-0.4, -0.2) is 4.98 Å². The van der Waals surface area contributed by atoms with Crippen LogP contribution >= 0.6 is 0 Å². The Hall–Kier alpha value is -1.05. The van der Waals surface area contributed by atoms with Gasteiger partial charge in [-0.3, -0.25) is 0 Å². The number of aromatic nitrogens is 1. The lowest BCUT2D eigenvalue weighted by molar-refractivity contribution is 0.581. The molecule has 1 heterocycles. The fraction of sp³-hybridized carbons (Fsp3) is 0.500. The molecule has 1 aromatic rings. The van der Waals surface area contributed by atoms with Gasteiger partial charge in [0.1, 0.15) is 5.82 Å². The molecule has 0 amide bonds. The topological polar surface area (TPSA) is 38.9 Å². The van der Waals surface area contributed by atoms with Gasteiger partial charge in [-0.05, 0) is 30.9 Å². The number of anilines is 1. The molecule has 0 saturated carbocycles. The van der Waals surface area contributed by atoms with Crippen LogP contribution in [0, 0.1) is 5.92 Å². The molecule has 12 heavy (non-hydrogen) atoms. The van der Waals surface area contributed by atoms with Crippen LogP contribution in [0.25, 0.3) is 0 Å². The largest absolute Gasteiger partial charge is 0.384 e. The number of nitrogen functional groups attached to an aromatic ring is 1. The van der Waals surface area contributed by atoms with Gasteiger partial charge in [-0.15, -0.1) is 0 Å². The lowest BCUT2D eigenvalue weighted by Crippen LogP contribution is -1.97. The second kappa shape index (κ2) is 4.10. The van der Waals surface area contributed by atoms with Gasteiger partial charge >= 0.3 is 0 Å². The van der Waals surface area contributed by atoms with E-state index in [1.165, 1.54) is 6.42 Å². The third kappa shape index (κ3) is 2.91.